The van der Waals surface area contributed by atoms with Gasteiger partial charge in [0, 0.05) is 16.7 Å². The molecule has 2 aromatic carbocycles. The molecule has 1 amide bonds. The predicted molar refractivity (Wildman–Crippen MR) is 141 cm³/mol. The number of halogens is 2. The molecule has 0 radical (unpaired) electrons. The number of allylic oxidation sites excluding steroid dienone is 1. The molecule has 1 aliphatic rings. The number of amides is 1. The normalized spacial score (nSPS) is 15.7. The molecule has 1 atom stereocenters. The highest BCUT2D eigenvalue weighted by atomic mass is 79.9. The summed E-state index contributed by atoms with van der Waals surface area (Å²) in [4.78, 5) is 13.3. The van der Waals surface area contributed by atoms with Crippen LogP contribution in [0.1, 0.15) is 44.9 Å². The first-order valence-electron chi connectivity index (χ1n) is 10.6. The predicted octanol–water partition coefficient (Wildman–Crippen LogP) is 5.51. The standard InChI is InChI=1S/C24H27Br2N3O3S/c1-5-31-17-11-16(19(25)20(26)22(17)32-13(2)3)21-18(14(4)28-24(33)29-21)23(30)27-12-15-9-7-6-8-10-15/h6-11,13,21H,5,12H2,1-4H3,(H,27,30)(H2,28,29,33). The van der Waals surface area contributed by atoms with E-state index in [1.807, 2.05) is 64.1 Å². The van der Waals surface area contributed by atoms with Crippen molar-refractivity contribution >= 4 is 55.1 Å². The largest absolute Gasteiger partial charge is 0.490 e. The van der Waals surface area contributed by atoms with Gasteiger partial charge in [0.05, 0.1) is 28.8 Å². The van der Waals surface area contributed by atoms with Crippen LogP contribution in [0.3, 0.4) is 0 Å². The van der Waals surface area contributed by atoms with Crippen molar-refractivity contribution < 1.29 is 14.3 Å². The van der Waals surface area contributed by atoms with E-state index in [9.17, 15) is 4.79 Å². The summed E-state index contributed by atoms with van der Waals surface area (Å²) in [7, 11) is 0. The lowest BCUT2D eigenvalue weighted by Crippen LogP contribution is -2.46. The molecule has 0 fully saturated rings. The van der Waals surface area contributed by atoms with Gasteiger partial charge in [-0.1, -0.05) is 30.3 Å². The van der Waals surface area contributed by atoms with E-state index >= 15 is 0 Å². The highest BCUT2D eigenvalue weighted by molar-refractivity contribution is 9.13. The summed E-state index contributed by atoms with van der Waals surface area (Å²) in [6.07, 6.45) is -0.0377. The molecule has 1 aliphatic heterocycles. The van der Waals surface area contributed by atoms with Gasteiger partial charge in [0.25, 0.3) is 5.91 Å². The molecule has 33 heavy (non-hydrogen) atoms. The summed E-state index contributed by atoms with van der Waals surface area (Å²) < 4.78 is 13.4. The lowest BCUT2D eigenvalue weighted by Gasteiger charge is -2.32. The van der Waals surface area contributed by atoms with Crippen LogP contribution in [-0.2, 0) is 11.3 Å². The van der Waals surface area contributed by atoms with E-state index in [1.165, 1.54) is 0 Å². The monoisotopic (exact) mass is 595 g/mol. The molecule has 6 nitrogen and oxygen atoms in total. The zero-order valence-corrected chi connectivity index (χ0v) is 22.9. The molecule has 0 spiro atoms. The van der Waals surface area contributed by atoms with Crippen LogP contribution in [0.5, 0.6) is 11.5 Å². The minimum absolute atomic E-state index is 0.0377. The zero-order valence-electron chi connectivity index (χ0n) is 18.9. The van der Waals surface area contributed by atoms with Crippen LogP contribution in [0, 0.1) is 0 Å². The zero-order chi connectivity index (χ0) is 24.1. The SMILES string of the molecule is CCOc1cc(C2NC(=S)NC(C)=C2C(=O)NCc2ccccc2)c(Br)c(Br)c1OC(C)C. The minimum atomic E-state index is -0.493. The van der Waals surface area contributed by atoms with Gasteiger partial charge in [-0.25, -0.2) is 0 Å². The van der Waals surface area contributed by atoms with Crippen molar-refractivity contribution in [2.24, 2.45) is 0 Å². The molecular formula is C24H27Br2N3O3S. The Bertz CT molecular complexity index is 1070. The molecule has 176 valence electrons. The molecule has 0 aliphatic carbocycles. The van der Waals surface area contributed by atoms with Crippen molar-refractivity contribution in [1.82, 2.24) is 16.0 Å². The topological polar surface area (TPSA) is 71.6 Å². The van der Waals surface area contributed by atoms with Crippen LogP contribution in [0.25, 0.3) is 0 Å². The van der Waals surface area contributed by atoms with Crippen LogP contribution in [0.15, 0.2) is 56.6 Å². The molecule has 0 bridgehead atoms. The number of rotatable bonds is 8. The Morgan fingerprint density at radius 2 is 1.91 bits per heavy atom. The molecule has 0 aromatic heterocycles. The number of benzene rings is 2. The Morgan fingerprint density at radius 3 is 2.55 bits per heavy atom. The Morgan fingerprint density at radius 1 is 1.21 bits per heavy atom. The number of hydrogen-bond acceptors (Lipinski definition) is 4. The molecular weight excluding hydrogens is 570 g/mol. The maximum atomic E-state index is 13.3. The van der Waals surface area contributed by atoms with E-state index in [4.69, 9.17) is 21.7 Å². The third-order valence-corrected chi connectivity index (χ3v) is 7.29. The summed E-state index contributed by atoms with van der Waals surface area (Å²) in [6.45, 7) is 8.57. The maximum absolute atomic E-state index is 13.3. The van der Waals surface area contributed by atoms with Gasteiger partial charge in [-0.15, -0.1) is 0 Å². The number of nitrogens with one attached hydrogen (secondary N) is 3. The van der Waals surface area contributed by atoms with Crippen LogP contribution in [0.2, 0.25) is 0 Å². The van der Waals surface area contributed by atoms with Gasteiger partial charge in [-0.2, -0.15) is 0 Å². The summed E-state index contributed by atoms with van der Waals surface area (Å²) in [5.41, 5.74) is 3.06. The fourth-order valence-corrected chi connectivity index (χ4v) is 4.84. The van der Waals surface area contributed by atoms with E-state index in [2.05, 4.69) is 47.8 Å². The number of carbonyl (C=O) groups excluding carboxylic acids is 1. The third-order valence-electron chi connectivity index (χ3n) is 4.93. The van der Waals surface area contributed by atoms with Crippen molar-refractivity contribution in [2.75, 3.05) is 6.61 Å². The van der Waals surface area contributed by atoms with Crippen LogP contribution in [-0.4, -0.2) is 23.7 Å². The number of hydrogen-bond donors (Lipinski definition) is 3. The molecule has 1 heterocycles. The first kappa shape index (κ1) is 25.5. The highest BCUT2D eigenvalue weighted by Gasteiger charge is 2.33. The van der Waals surface area contributed by atoms with E-state index in [-0.39, 0.29) is 12.0 Å². The lowest BCUT2D eigenvalue weighted by molar-refractivity contribution is -0.118. The van der Waals surface area contributed by atoms with Crippen molar-refractivity contribution in [3.05, 3.63) is 67.7 Å². The van der Waals surface area contributed by atoms with Gasteiger partial charge < -0.3 is 25.4 Å². The average Bonchev–Trinajstić information content (AvgIpc) is 2.77. The smallest absolute Gasteiger partial charge is 0.251 e. The van der Waals surface area contributed by atoms with Gasteiger partial charge in [-0.3, -0.25) is 4.79 Å². The van der Waals surface area contributed by atoms with E-state index in [1.54, 1.807) is 0 Å². The van der Waals surface area contributed by atoms with E-state index in [0.29, 0.717) is 45.5 Å². The van der Waals surface area contributed by atoms with Gasteiger partial charge >= 0.3 is 0 Å². The number of thiocarbonyl (C=S) groups is 1. The second-order valence-electron chi connectivity index (χ2n) is 7.76. The van der Waals surface area contributed by atoms with Crippen LogP contribution >= 0.6 is 44.1 Å². The van der Waals surface area contributed by atoms with Crippen molar-refractivity contribution in [1.29, 1.82) is 0 Å². The Labute approximate surface area is 216 Å². The maximum Gasteiger partial charge on any atom is 0.251 e. The van der Waals surface area contributed by atoms with Crippen molar-refractivity contribution in [2.45, 2.75) is 46.4 Å². The summed E-state index contributed by atoms with van der Waals surface area (Å²) in [6, 6.07) is 11.2. The van der Waals surface area contributed by atoms with Crippen molar-refractivity contribution in [3.8, 4) is 11.5 Å². The molecule has 0 saturated heterocycles. The third kappa shape index (κ3) is 6.07. The average molecular weight is 597 g/mol. The Kier molecular flexibility index (Phi) is 8.78. The molecule has 0 saturated carbocycles. The van der Waals surface area contributed by atoms with Gasteiger partial charge in [0.2, 0.25) is 0 Å². The van der Waals surface area contributed by atoms with E-state index < -0.39 is 6.04 Å². The fourth-order valence-electron chi connectivity index (χ4n) is 3.52. The molecule has 9 heteroatoms. The van der Waals surface area contributed by atoms with Crippen molar-refractivity contribution in [3.63, 3.8) is 0 Å². The van der Waals surface area contributed by atoms with Gasteiger partial charge in [0.15, 0.2) is 16.6 Å². The Hall–Kier alpha value is -2.10. The fraction of sp³-hybridized carbons (Fsp3) is 0.333. The molecule has 3 N–H and O–H groups in total. The van der Waals surface area contributed by atoms with E-state index in [0.717, 1.165) is 15.6 Å². The first-order valence-corrected chi connectivity index (χ1v) is 12.6. The Balaban J connectivity index is 2.02. The van der Waals surface area contributed by atoms with Crippen LogP contribution < -0.4 is 25.4 Å². The molecule has 1 unspecified atom stereocenters. The molecule has 2 aromatic rings. The minimum Gasteiger partial charge on any atom is -0.490 e. The van der Waals surface area contributed by atoms with Gasteiger partial charge in [-0.05, 0) is 89.0 Å². The summed E-state index contributed by atoms with van der Waals surface area (Å²) in [5.74, 6) is 1.01. The first-order chi connectivity index (χ1) is 15.7. The summed E-state index contributed by atoms with van der Waals surface area (Å²) >= 11 is 12.8. The lowest BCUT2D eigenvalue weighted by atomic mass is 9.94. The number of carbonyl (C=O) groups is 1. The second kappa shape index (κ2) is 11.4. The number of ether oxygens (including phenoxy) is 2. The second-order valence-corrected chi connectivity index (χ2v) is 9.75. The highest BCUT2D eigenvalue weighted by Crippen LogP contribution is 2.46. The quantitative estimate of drug-likeness (QED) is 0.349. The molecule has 3 rings (SSSR count). The van der Waals surface area contributed by atoms with Crippen LogP contribution in [0.4, 0.5) is 0 Å². The summed E-state index contributed by atoms with van der Waals surface area (Å²) in [5, 5.41) is 9.79. The van der Waals surface area contributed by atoms with Gasteiger partial charge in [0.1, 0.15) is 0 Å².